The molecule has 2 aromatic rings. The molecule has 0 spiro atoms. The highest BCUT2D eigenvalue weighted by molar-refractivity contribution is 7.89. The minimum Gasteiger partial charge on any atom is -0.346 e. The normalized spacial score (nSPS) is 12.5. The first kappa shape index (κ1) is 24.4. The van der Waals surface area contributed by atoms with Crippen molar-refractivity contribution in [2.24, 2.45) is 5.92 Å². The molecule has 0 aromatic heterocycles. The maximum atomic E-state index is 13.2. The number of carbonyl (C=O) groups excluding carboxylic acids is 2. The number of amides is 2. The number of nitrogens with one attached hydrogen (secondary N) is 3. The molecular weight excluding hydrogens is 428 g/mol. The summed E-state index contributed by atoms with van der Waals surface area (Å²) in [6, 6.07) is 7.93. The van der Waals surface area contributed by atoms with Crippen LogP contribution in [0.4, 0.5) is 14.5 Å². The van der Waals surface area contributed by atoms with Crippen molar-refractivity contribution in [3.05, 3.63) is 59.7 Å². The molecule has 3 N–H and O–H groups in total. The Balaban J connectivity index is 2.02. The van der Waals surface area contributed by atoms with Crippen LogP contribution in [-0.2, 0) is 19.6 Å². The topological polar surface area (TPSA) is 104 Å². The molecule has 2 aromatic carbocycles. The second-order valence-electron chi connectivity index (χ2n) is 7.51. The lowest BCUT2D eigenvalue weighted by atomic mass is 10.0. The number of sulfonamides is 1. The van der Waals surface area contributed by atoms with E-state index < -0.39 is 46.1 Å². The van der Waals surface area contributed by atoms with E-state index in [4.69, 9.17) is 0 Å². The maximum absolute atomic E-state index is 13.2. The number of anilines is 1. The van der Waals surface area contributed by atoms with Gasteiger partial charge in [0.15, 0.2) is 11.6 Å². The van der Waals surface area contributed by atoms with E-state index in [0.29, 0.717) is 0 Å². The number of hydrogen-bond acceptors (Lipinski definition) is 4. The number of rotatable bonds is 9. The predicted octanol–water partition coefficient (Wildman–Crippen LogP) is 2.72. The van der Waals surface area contributed by atoms with Gasteiger partial charge in [-0.1, -0.05) is 31.5 Å². The summed E-state index contributed by atoms with van der Waals surface area (Å²) in [5.41, 5.74) is 0.916. The fourth-order valence-electron chi connectivity index (χ4n) is 2.72. The number of aryl methyl sites for hydroxylation is 1. The summed E-state index contributed by atoms with van der Waals surface area (Å²) in [7, 11) is -3.95. The van der Waals surface area contributed by atoms with Crippen molar-refractivity contribution in [3.63, 3.8) is 0 Å². The molecule has 2 amide bonds. The van der Waals surface area contributed by atoms with Crippen LogP contribution in [0, 0.1) is 24.5 Å². The molecule has 0 saturated carbocycles. The number of halogens is 2. The monoisotopic (exact) mass is 453 g/mol. The average Bonchev–Trinajstić information content (AvgIpc) is 2.68. The van der Waals surface area contributed by atoms with E-state index in [1.54, 1.807) is 12.1 Å². The Hall–Kier alpha value is -2.85. The van der Waals surface area contributed by atoms with Gasteiger partial charge in [0.25, 0.3) is 0 Å². The number of carbonyl (C=O) groups is 2. The molecule has 10 heteroatoms. The molecule has 0 saturated heterocycles. The van der Waals surface area contributed by atoms with Gasteiger partial charge < -0.3 is 10.6 Å². The third-order valence-electron chi connectivity index (χ3n) is 4.28. The molecule has 0 bridgehead atoms. The number of benzene rings is 2. The third-order valence-corrected chi connectivity index (χ3v) is 5.77. The minimum absolute atomic E-state index is 0.00696. The summed E-state index contributed by atoms with van der Waals surface area (Å²) >= 11 is 0. The zero-order valence-electron chi connectivity index (χ0n) is 17.4. The van der Waals surface area contributed by atoms with Crippen LogP contribution in [0.5, 0.6) is 0 Å². The van der Waals surface area contributed by atoms with Gasteiger partial charge in [-0.3, -0.25) is 9.59 Å². The Labute approximate surface area is 180 Å². The average molecular weight is 454 g/mol. The molecule has 168 valence electrons. The van der Waals surface area contributed by atoms with Crippen molar-refractivity contribution < 1.29 is 26.8 Å². The molecule has 0 aliphatic carbocycles. The molecule has 7 nitrogen and oxygen atoms in total. The Bertz CT molecular complexity index is 1040. The van der Waals surface area contributed by atoms with Crippen LogP contribution in [-0.4, -0.2) is 32.8 Å². The van der Waals surface area contributed by atoms with Crippen LogP contribution >= 0.6 is 0 Å². The van der Waals surface area contributed by atoms with E-state index in [9.17, 15) is 26.8 Å². The fourth-order valence-corrected chi connectivity index (χ4v) is 3.93. The van der Waals surface area contributed by atoms with Crippen LogP contribution in [0.3, 0.4) is 0 Å². The summed E-state index contributed by atoms with van der Waals surface area (Å²) in [4.78, 5) is 24.6. The standard InChI is InChI=1S/C21H25F2N3O4S/c1-13(2)10-19(26-31(29,30)16-7-4-14(3)5-8-16)21(28)24-12-20(27)25-15-6-9-17(22)18(23)11-15/h4-9,11,13,19,26H,10,12H2,1-3H3,(H,24,28)(H,25,27)/t19-/m0/s1. The Morgan fingerprint density at radius 1 is 1.00 bits per heavy atom. The number of hydrogen-bond donors (Lipinski definition) is 3. The lowest BCUT2D eigenvalue weighted by Gasteiger charge is -2.20. The smallest absolute Gasteiger partial charge is 0.243 e. The van der Waals surface area contributed by atoms with Gasteiger partial charge in [0.1, 0.15) is 6.04 Å². The maximum Gasteiger partial charge on any atom is 0.243 e. The first-order valence-electron chi connectivity index (χ1n) is 9.59. The highest BCUT2D eigenvalue weighted by Crippen LogP contribution is 2.14. The van der Waals surface area contributed by atoms with Crippen LogP contribution in [0.15, 0.2) is 47.4 Å². The lowest BCUT2D eigenvalue weighted by Crippen LogP contribution is -2.48. The van der Waals surface area contributed by atoms with Gasteiger partial charge >= 0.3 is 0 Å². The molecule has 0 fully saturated rings. The third kappa shape index (κ3) is 7.41. The minimum atomic E-state index is -3.95. The van der Waals surface area contributed by atoms with Crippen molar-refractivity contribution >= 4 is 27.5 Å². The first-order valence-corrected chi connectivity index (χ1v) is 11.1. The van der Waals surface area contributed by atoms with Crippen LogP contribution in [0.25, 0.3) is 0 Å². The molecule has 0 aliphatic rings. The van der Waals surface area contributed by atoms with Gasteiger partial charge in [0.05, 0.1) is 11.4 Å². The van der Waals surface area contributed by atoms with Crippen molar-refractivity contribution in [2.45, 2.75) is 38.1 Å². The fraction of sp³-hybridized carbons (Fsp3) is 0.333. The second kappa shape index (κ2) is 10.5. The Morgan fingerprint density at radius 3 is 2.23 bits per heavy atom. The van der Waals surface area contributed by atoms with Crippen LogP contribution in [0.1, 0.15) is 25.8 Å². The van der Waals surface area contributed by atoms with Gasteiger partial charge in [-0.25, -0.2) is 17.2 Å². The Morgan fingerprint density at radius 2 is 1.65 bits per heavy atom. The summed E-state index contributed by atoms with van der Waals surface area (Å²) in [5.74, 6) is -3.53. The van der Waals surface area contributed by atoms with Crippen molar-refractivity contribution in [1.82, 2.24) is 10.0 Å². The quantitative estimate of drug-likeness (QED) is 0.543. The van der Waals surface area contributed by atoms with E-state index in [1.165, 1.54) is 18.2 Å². The molecule has 0 radical (unpaired) electrons. The molecule has 2 rings (SSSR count). The van der Waals surface area contributed by atoms with Gasteiger partial charge in [-0.05, 0) is 43.5 Å². The van der Waals surface area contributed by atoms with E-state index in [-0.39, 0.29) is 22.9 Å². The van der Waals surface area contributed by atoms with Crippen molar-refractivity contribution in [1.29, 1.82) is 0 Å². The van der Waals surface area contributed by atoms with E-state index in [2.05, 4.69) is 15.4 Å². The lowest BCUT2D eigenvalue weighted by molar-refractivity contribution is -0.125. The van der Waals surface area contributed by atoms with E-state index in [1.807, 2.05) is 20.8 Å². The van der Waals surface area contributed by atoms with E-state index in [0.717, 1.165) is 17.7 Å². The summed E-state index contributed by atoms with van der Waals surface area (Å²) in [5, 5.41) is 4.70. The van der Waals surface area contributed by atoms with Gasteiger partial charge in [0, 0.05) is 11.8 Å². The first-order chi connectivity index (χ1) is 14.5. The summed E-state index contributed by atoms with van der Waals surface area (Å²) < 4.78 is 53.9. The SMILES string of the molecule is Cc1ccc(S(=O)(=O)N[C@@H](CC(C)C)C(=O)NCC(=O)Nc2ccc(F)c(F)c2)cc1. The zero-order chi connectivity index (χ0) is 23.2. The largest absolute Gasteiger partial charge is 0.346 e. The van der Waals surface area contributed by atoms with Gasteiger partial charge in [0.2, 0.25) is 21.8 Å². The van der Waals surface area contributed by atoms with Crippen molar-refractivity contribution in [2.75, 3.05) is 11.9 Å². The van der Waals surface area contributed by atoms with Crippen molar-refractivity contribution in [3.8, 4) is 0 Å². The predicted molar refractivity (Wildman–Crippen MR) is 113 cm³/mol. The van der Waals surface area contributed by atoms with Crippen LogP contribution < -0.4 is 15.4 Å². The van der Waals surface area contributed by atoms with E-state index >= 15 is 0 Å². The van der Waals surface area contributed by atoms with Crippen LogP contribution in [0.2, 0.25) is 0 Å². The second-order valence-corrected chi connectivity index (χ2v) is 9.23. The van der Waals surface area contributed by atoms with Gasteiger partial charge in [-0.2, -0.15) is 4.72 Å². The highest BCUT2D eigenvalue weighted by atomic mass is 32.2. The molecule has 0 unspecified atom stereocenters. The summed E-state index contributed by atoms with van der Waals surface area (Å²) in [6.45, 7) is 5.01. The molecule has 31 heavy (non-hydrogen) atoms. The highest BCUT2D eigenvalue weighted by Gasteiger charge is 2.26. The van der Waals surface area contributed by atoms with Gasteiger partial charge in [-0.15, -0.1) is 0 Å². The Kier molecular flexibility index (Phi) is 8.23. The zero-order valence-corrected chi connectivity index (χ0v) is 18.2. The molecule has 0 heterocycles. The summed E-state index contributed by atoms with van der Waals surface area (Å²) in [6.07, 6.45) is 0.210. The molecule has 0 aliphatic heterocycles. The molecular formula is C21H25F2N3O4S. The molecule has 1 atom stereocenters.